The van der Waals surface area contributed by atoms with Gasteiger partial charge in [-0.3, -0.25) is 0 Å². The number of alkyl halides is 1. The zero-order valence-electron chi connectivity index (χ0n) is 9.73. The maximum Gasteiger partial charge on any atom is 0.124 e. The summed E-state index contributed by atoms with van der Waals surface area (Å²) in [5.41, 5.74) is 0.0716. The van der Waals surface area contributed by atoms with Crippen LogP contribution in [0.1, 0.15) is 53.9 Å². The number of halogens is 1. The minimum atomic E-state index is -1.04. The monoisotopic (exact) mass is 192 g/mol. The second-order valence-electron chi connectivity index (χ2n) is 3.50. The largest absolute Gasteiger partial charge is 0.393 e. The van der Waals surface area contributed by atoms with E-state index in [2.05, 4.69) is 20.8 Å². The Morgan fingerprint density at radius 1 is 1.23 bits per heavy atom. The lowest BCUT2D eigenvalue weighted by Gasteiger charge is -2.27. The first-order valence-corrected chi connectivity index (χ1v) is 5.33. The maximum absolute atomic E-state index is 12.8. The molecule has 82 valence electrons. The number of hydrogen-bond acceptors (Lipinski definition) is 1. The summed E-state index contributed by atoms with van der Waals surface area (Å²) in [5, 5.41) is 8.51. The van der Waals surface area contributed by atoms with E-state index in [9.17, 15) is 4.39 Å². The second kappa shape index (κ2) is 8.49. The molecule has 1 atom stereocenters. The van der Waals surface area contributed by atoms with Gasteiger partial charge in [0.2, 0.25) is 0 Å². The van der Waals surface area contributed by atoms with E-state index >= 15 is 0 Å². The highest BCUT2D eigenvalue weighted by atomic mass is 19.1. The smallest absolute Gasteiger partial charge is 0.124 e. The van der Waals surface area contributed by atoms with E-state index in [4.69, 9.17) is 5.11 Å². The van der Waals surface area contributed by atoms with Crippen molar-refractivity contribution in [1.82, 2.24) is 0 Å². The molecule has 0 amide bonds. The van der Waals surface area contributed by atoms with Crippen LogP contribution in [0.3, 0.4) is 0 Å². The molecule has 0 bridgehead atoms. The Kier molecular flexibility index (Phi) is 10.0. The van der Waals surface area contributed by atoms with Gasteiger partial charge in [-0.2, -0.15) is 0 Å². The molecule has 13 heavy (non-hydrogen) atoms. The topological polar surface area (TPSA) is 20.2 Å². The SMILES string of the molecule is CC.CCC(C)(CC)CC(F)CO. The second-order valence-corrected chi connectivity index (χ2v) is 3.50. The van der Waals surface area contributed by atoms with Crippen LogP contribution >= 0.6 is 0 Å². The molecule has 0 saturated carbocycles. The molecule has 0 aliphatic carbocycles. The Balaban J connectivity index is 0. The van der Waals surface area contributed by atoms with Crippen LogP contribution in [-0.2, 0) is 0 Å². The van der Waals surface area contributed by atoms with Gasteiger partial charge in [-0.15, -0.1) is 0 Å². The van der Waals surface area contributed by atoms with Gasteiger partial charge in [0.25, 0.3) is 0 Å². The van der Waals surface area contributed by atoms with Crippen LogP contribution in [0.15, 0.2) is 0 Å². The standard InChI is InChI=1S/C9H19FO.C2H6/c1-4-9(3,5-2)6-8(10)7-11;1-2/h8,11H,4-7H2,1-3H3;1-2H3. The van der Waals surface area contributed by atoms with Crippen molar-refractivity contribution in [3.63, 3.8) is 0 Å². The summed E-state index contributed by atoms with van der Waals surface area (Å²) >= 11 is 0. The third-order valence-corrected chi connectivity index (χ3v) is 2.62. The Bertz CT molecular complexity index is 100. The summed E-state index contributed by atoms with van der Waals surface area (Å²) in [4.78, 5) is 0. The van der Waals surface area contributed by atoms with E-state index in [0.29, 0.717) is 6.42 Å². The van der Waals surface area contributed by atoms with Gasteiger partial charge in [-0.1, -0.05) is 47.5 Å². The van der Waals surface area contributed by atoms with Crippen LogP contribution in [-0.4, -0.2) is 17.9 Å². The zero-order chi connectivity index (χ0) is 10.9. The highest BCUT2D eigenvalue weighted by molar-refractivity contribution is 4.74. The van der Waals surface area contributed by atoms with Gasteiger partial charge in [-0.25, -0.2) is 4.39 Å². The van der Waals surface area contributed by atoms with Crippen molar-refractivity contribution in [2.75, 3.05) is 6.61 Å². The zero-order valence-corrected chi connectivity index (χ0v) is 9.73. The van der Waals surface area contributed by atoms with E-state index in [1.54, 1.807) is 0 Å². The molecule has 0 spiro atoms. The highest BCUT2D eigenvalue weighted by Gasteiger charge is 2.23. The molecule has 0 aliphatic heterocycles. The first-order chi connectivity index (χ1) is 6.08. The lowest BCUT2D eigenvalue weighted by atomic mass is 9.80. The van der Waals surface area contributed by atoms with Crippen molar-refractivity contribution >= 4 is 0 Å². The predicted molar refractivity (Wildman–Crippen MR) is 56.6 cm³/mol. The van der Waals surface area contributed by atoms with Crippen molar-refractivity contribution < 1.29 is 9.50 Å². The number of hydrogen-bond donors (Lipinski definition) is 1. The molecule has 0 saturated heterocycles. The van der Waals surface area contributed by atoms with Crippen LogP contribution < -0.4 is 0 Å². The molecule has 0 aromatic rings. The summed E-state index contributed by atoms with van der Waals surface area (Å²) in [6.07, 6.45) is 1.39. The predicted octanol–water partition coefficient (Wildman–Crippen LogP) is 3.56. The molecule has 0 radical (unpaired) electrons. The molecule has 0 aromatic carbocycles. The van der Waals surface area contributed by atoms with Gasteiger partial charge < -0.3 is 5.11 Å². The van der Waals surface area contributed by atoms with Crippen molar-refractivity contribution in [3.8, 4) is 0 Å². The Morgan fingerprint density at radius 3 is 1.85 bits per heavy atom. The first-order valence-electron chi connectivity index (χ1n) is 5.33. The fourth-order valence-electron chi connectivity index (χ4n) is 1.14. The van der Waals surface area contributed by atoms with E-state index in [1.165, 1.54) is 0 Å². The molecule has 0 fully saturated rings. The molecule has 1 nitrogen and oxygen atoms in total. The lowest BCUT2D eigenvalue weighted by molar-refractivity contribution is 0.116. The van der Waals surface area contributed by atoms with Crippen molar-refractivity contribution in [1.29, 1.82) is 0 Å². The number of aliphatic hydroxyl groups excluding tert-OH is 1. The van der Waals surface area contributed by atoms with E-state index in [0.717, 1.165) is 12.8 Å². The van der Waals surface area contributed by atoms with Crippen molar-refractivity contribution in [3.05, 3.63) is 0 Å². The first kappa shape index (κ1) is 15.4. The molecular formula is C11H25FO. The van der Waals surface area contributed by atoms with Gasteiger partial charge >= 0.3 is 0 Å². The minimum Gasteiger partial charge on any atom is -0.393 e. The summed E-state index contributed by atoms with van der Waals surface area (Å²) in [6.45, 7) is 9.85. The Labute approximate surface area is 82.4 Å². The van der Waals surface area contributed by atoms with Gasteiger partial charge in [0.15, 0.2) is 0 Å². The van der Waals surface area contributed by atoms with Crippen LogP contribution in [0.5, 0.6) is 0 Å². The van der Waals surface area contributed by atoms with Crippen LogP contribution in [0.4, 0.5) is 4.39 Å². The summed E-state index contributed by atoms with van der Waals surface area (Å²) in [5.74, 6) is 0. The molecule has 0 aliphatic rings. The van der Waals surface area contributed by atoms with E-state index < -0.39 is 6.17 Å². The van der Waals surface area contributed by atoms with Gasteiger partial charge in [0.05, 0.1) is 6.61 Å². The molecule has 2 heteroatoms. The molecule has 1 N–H and O–H groups in total. The van der Waals surface area contributed by atoms with Crippen LogP contribution in [0.2, 0.25) is 0 Å². The van der Waals surface area contributed by atoms with Gasteiger partial charge in [0, 0.05) is 0 Å². The summed E-state index contributed by atoms with van der Waals surface area (Å²) < 4.78 is 12.8. The van der Waals surface area contributed by atoms with Crippen molar-refractivity contribution in [2.45, 2.75) is 60.1 Å². The fourth-order valence-corrected chi connectivity index (χ4v) is 1.14. The molecular weight excluding hydrogens is 167 g/mol. The maximum atomic E-state index is 12.8. The van der Waals surface area contributed by atoms with Crippen LogP contribution in [0.25, 0.3) is 0 Å². The van der Waals surface area contributed by atoms with Gasteiger partial charge in [-0.05, 0) is 11.8 Å². The number of aliphatic hydroxyl groups is 1. The quantitative estimate of drug-likeness (QED) is 0.706. The molecule has 1 unspecified atom stereocenters. The Hall–Kier alpha value is -0.110. The normalized spacial score (nSPS) is 13.2. The number of rotatable bonds is 5. The summed E-state index contributed by atoms with van der Waals surface area (Å²) in [6, 6.07) is 0. The summed E-state index contributed by atoms with van der Waals surface area (Å²) in [7, 11) is 0. The van der Waals surface area contributed by atoms with Gasteiger partial charge in [0.1, 0.15) is 6.17 Å². The lowest BCUT2D eigenvalue weighted by Crippen LogP contribution is -2.21. The molecule has 0 heterocycles. The van der Waals surface area contributed by atoms with E-state index in [-0.39, 0.29) is 12.0 Å². The van der Waals surface area contributed by atoms with Crippen molar-refractivity contribution in [2.24, 2.45) is 5.41 Å². The third-order valence-electron chi connectivity index (χ3n) is 2.62. The van der Waals surface area contributed by atoms with E-state index in [1.807, 2.05) is 13.8 Å². The molecule has 0 aromatic heterocycles. The molecule has 0 rings (SSSR count). The highest BCUT2D eigenvalue weighted by Crippen LogP contribution is 2.31. The minimum absolute atomic E-state index is 0.0716. The third kappa shape index (κ3) is 7.00. The van der Waals surface area contributed by atoms with Crippen LogP contribution in [0, 0.1) is 5.41 Å². The Morgan fingerprint density at radius 2 is 1.62 bits per heavy atom. The average molecular weight is 192 g/mol. The fraction of sp³-hybridized carbons (Fsp3) is 1.00. The average Bonchev–Trinajstić information content (AvgIpc) is 2.20.